The fraction of sp³-hybridized carbons (Fsp3) is 0.360. The van der Waals surface area contributed by atoms with E-state index >= 15 is 0 Å². The number of rotatable bonds is 13. The van der Waals surface area contributed by atoms with E-state index in [1.807, 2.05) is 49.4 Å². The van der Waals surface area contributed by atoms with Gasteiger partial charge in [0.05, 0.1) is 12.8 Å². The molecule has 1 unspecified atom stereocenters. The number of carbonyl (C=O) groups is 1. The molecule has 34 heavy (non-hydrogen) atoms. The van der Waals surface area contributed by atoms with E-state index in [1.54, 1.807) is 6.07 Å². The Labute approximate surface area is 200 Å². The lowest BCUT2D eigenvalue weighted by Crippen LogP contribution is -2.29. The van der Waals surface area contributed by atoms with Crippen molar-refractivity contribution in [1.29, 1.82) is 0 Å². The third kappa shape index (κ3) is 7.61. The number of nitrogens with one attached hydrogen (secondary N) is 1. The number of amides is 1. The Hall–Kier alpha value is -3.88. The monoisotopic (exact) mass is 468 g/mol. The highest BCUT2D eigenvalue weighted by atomic mass is 16.6. The van der Waals surface area contributed by atoms with Crippen LogP contribution in [0, 0.1) is 0 Å². The predicted octanol–water partition coefficient (Wildman–Crippen LogP) is 4.08. The normalized spacial score (nSPS) is 12.9. The summed E-state index contributed by atoms with van der Waals surface area (Å²) >= 11 is 0. The van der Waals surface area contributed by atoms with E-state index in [0.29, 0.717) is 17.9 Å². The molecule has 0 aromatic heterocycles. The second kappa shape index (κ2) is 14.3. The Morgan fingerprint density at radius 1 is 1.06 bits per heavy atom. The lowest BCUT2D eigenvalue weighted by molar-refractivity contribution is -0.114. The summed E-state index contributed by atoms with van der Waals surface area (Å²) in [6.07, 6.45) is 3.07. The lowest BCUT2D eigenvalue weighted by Gasteiger charge is -2.15. The number of carbonyl (C=O) groups excluding carboxylic acids is 1. The van der Waals surface area contributed by atoms with E-state index in [1.165, 1.54) is 27.5 Å². The minimum atomic E-state index is -0.489. The van der Waals surface area contributed by atoms with Crippen molar-refractivity contribution in [2.24, 2.45) is 15.5 Å². The topological polar surface area (TPSA) is 103 Å². The maximum Gasteiger partial charge on any atom is 0.273 e. The molecular formula is C25H32N4O5. The molecular weight excluding hydrogens is 436 g/mol. The first-order valence-corrected chi connectivity index (χ1v) is 11.0. The van der Waals surface area contributed by atoms with Crippen LogP contribution < -0.4 is 10.1 Å². The van der Waals surface area contributed by atoms with Gasteiger partial charge in [0.1, 0.15) is 31.8 Å². The molecule has 0 saturated heterocycles. The molecule has 0 bridgehead atoms. The largest absolute Gasteiger partial charge is 0.494 e. The zero-order valence-electron chi connectivity index (χ0n) is 20.3. The highest BCUT2D eigenvalue weighted by molar-refractivity contribution is 6.45. The molecule has 0 heterocycles. The van der Waals surface area contributed by atoms with Crippen LogP contribution in [0.2, 0.25) is 0 Å². The van der Waals surface area contributed by atoms with Gasteiger partial charge in [-0.2, -0.15) is 0 Å². The summed E-state index contributed by atoms with van der Waals surface area (Å²) in [6, 6.07) is 14.8. The van der Waals surface area contributed by atoms with Crippen LogP contribution in [0.1, 0.15) is 49.5 Å². The molecule has 0 aliphatic heterocycles. The predicted molar refractivity (Wildman–Crippen MR) is 132 cm³/mol. The van der Waals surface area contributed by atoms with Crippen molar-refractivity contribution in [3.05, 3.63) is 65.2 Å². The fourth-order valence-electron chi connectivity index (χ4n) is 3.02. The van der Waals surface area contributed by atoms with Crippen LogP contribution >= 0.6 is 0 Å². The zero-order chi connectivity index (χ0) is 24.8. The first-order chi connectivity index (χ1) is 16.5. The summed E-state index contributed by atoms with van der Waals surface area (Å²) in [5.41, 5.74) is 2.71. The number of ether oxygens (including phenoxy) is 1. The summed E-state index contributed by atoms with van der Waals surface area (Å²) in [6.45, 7) is 4.62. The Morgan fingerprint density at radius 3 is 2.41 bits per heavy atom. The first kappa shape index (κ1) is 26.4. The van der Waals surface area contributed by atoms with E-state index < -0.39 is 6.10 Å². The van der Waals surface area contributed by atoms with Crippen molar-refractivity contribution in [3.8, 4) is 5.75 Å². The van der Waals surface area contributed by atoms with E-state index in [4.69, 9.17) is 19.2 Å². The Kier molecular flexibility index (Phi) is 11.1. The molecule has 0 fully saturated rings. The number of hydrogen-bond donors (Lipinski definition) is 1. The molecule has 2 aromatic rings. The van der Waals surface area contributed by atoms with Gasteiger partial charge in [-0.15, -0.1) is 0 Å². The lowest BCUT2D eigenvalue weighted by atomic mass is 9.99. The standard InChI is InChI=1S/C25H32N4O5/c1-6-7-16-33-20-14-12-19(13-15-20)23(28-31-4)17-27-34-18(2)21-10-8-9-11-22(21)24(29-32-5)25(30)26-3/h8-15,17-18H,6-7,16H2,1-5H3,(H,26,30). The quantitative estimate of drug-likeness (QED) is 0.271. The van der Waals surface area contributed by atoms with E-state index in [0.717, 1.165) is 29.7 Å². The Balaban J connectivity index is 2.16. The second-order valence-electron chi connectivity index (χ2n) is 7.16. The van der Waals surface area contributed by atoms with E-state index in [-0.39, 0.29) is 11.6 Å². The molecule has 1 atom stereocenters. The van der Waals surface area contributed by atoms with Crippen LogP contribution in [-0.2, 0) is 19.3 Å². The molecule has 182 valence electrons. The molecule has 9 nitrogen and oxygen atoms in total. The van der Waals surface area contributed by atoms with Crippen LogP contribution in [0.25, 0.3) is 0 Å². The average Bonchev–Trinajstić information content (AvgIpc) is 2.87. The number of unbranched alkanes of at least 4 members (excludes halogenated alkanes) is 1. The van der Waals surface area contributed by atoms with Gasteiger partial charge in [0, 0.05) is 23.7 Å². The van der Waals surface area contributed by atoms with Crippen LogP contribution in [0.15, 0.2) is 64.0 Å². The third-order valence-corrected chi connectivity index (χ3v) is 4.78. The molecule has 0 saturated carbocycles. The smallest absolute Gasteiger partial charge is 0.273 e. The number of nitrogens with zero attached hydrogens (tertiary/aromatic N) is 3. The van der Waals surface area contributed by atoms with Crippen molar-refractivity contribution in [3.63, 3.8) is 0 Å². The molecule has 0 radical (unpaired) electrons. The van der Waals surface area contributed by atoms with Crippen molar-refractivity contribution < 1.29 is 24.0 Å². The summed E-state index contributed by atoms with van der Waals surface area (Å²) in [7, 11) is 4.38. The summed E-state index contributed by atoms with van der Waals surface area (Å²) in [5, 5.41) is 14.6. The van der Waals surface area contributed by atoms with Crippen molar-refractivity contribution in [2.75, 3.05) is 27.9 Å². The van der Waals surface area contributed by atoms with Gasteiger partial charge in [-0.05, 0) is 37.6 Å². The van der Waals surface area contributed by atoms with Gasteiger partial charge in [0.2, 0.25) is 0 Å². The van der Waals surface area contributed by atoms with Crippen molar-refractivity contribution in [2.45, 2.75) is 32.8 Å². The van der Waals surface area contributed by atoms with Crippen molar-refractivity contribution >= 4 is 23.5 Å². The molecule has 1 amide bonds. The van der Waals surface area contributed by atoms with Gasteiger partial charge in [-0.3, -0.25) is 4.79 Å². The van der Waals surface area contributed by atoms with Gasteiger partial charge >= 0.3 is 0 Å². The number of hydrogen-bond acceptors (Lipinski definition) is 8. The molecule has 2 rings (SSSR count). The molecule has 9 heteroatoms. The van der Waals surface area contributed by atoms with Gasteiger partial charge in [-0.25, -0.2) is 0 Å². The average molecular weight is 469 g/mol. The van der Waals surface area contributed by atoms with Gasteiger partial charge < -0.3 is 24.6 Å². The minimum Gasteiger partial charge on any atom is -0.494 e. The van der Waals surface area contributed by atoms with Crippen LogP contribution in [0.4, 0.5) is 0 Å². The fourth-order valence-corrected chi connectivity index (χ4v) is 3.02. The van der Waals surface area contributed by atoms with E-state index in [2.05, 4.69) is 27.7 Å². The molecule has 1 N–H and O–H groups in total. The zero-order valence-corrected chi connectivity index (χ0v) is 20.3. The minimum absolute atomic E-state index is 0.142. The van der Waals surface area contributed by atoms with Crippen molar-refractivity contribution in [1.82, 2.24) is 5.32 Å². The SMILES string of the molecule is CCCCOc1ccc(C(C=NOC(C)c2ccccc2C(=NOC)C(=O)NC)=NOC)cc1. The Bertz CT molecular complexity index is 1000. The van der Waals surface area contributed by atoms with Crippen LogP contribution in [0.5, 0.6) is 5.75 Å². The maximum atomic E-state index is 12.3. The number of oxime groups is 3. The third-order valence-electron chi connectivity index (χ3n) is 4.78. The highest BCUT2D eigenvalue weighted by Gasteiger charge is 2.21. The van der Waals surface area contributed by atoms with Gasteiger partial charge in [0.15, 0.2) is 5.71 Å². The van der Waals surface area contributed by atoms with Gasteiger partial charge in [-0.1, -0.05) is 53.1 Å². The number of benzene rings is 2. The van der Waals surface area contributed by atoms with Crippen LogP contribution in [0.3, 0.4) is 0 Å². The number of likely N-dealkylation sites (N-methyl/N-ethyl adjacent to an activating group) is 1. The van der Waals surface area contributed by atoms with Gasteiger partial charge in [0.25, 0.3) is 5.91 Å². The molecule has 0 aliphatic carbocycles. The van der Waals surface area contributed by atoms with E-state index in [9.17, 15) is 4.79 Å². The highest BCUT2D eigenvalue weighted by Crippen LogP contribution is 2.22. The summed E-state index contributed by atoms with van der Waals surface area (Å²) < 4.78 is 5.70. The maximum absolute atomic E-state index is 12.3. The second-order valence-corrected chi connectivity index (χ2v) is 7.16. The van der Waals surface area contributed by atoms with Crippen LogP contribution in [-0.4, -0.2) is 51.4 Å². The summed E-state index contributed by atoms with van der Waals surface area (Å²) in [5.74, 6) is 0.415. The Morgan fingerprint density at radius 2 is 1.76 bits per heavy atom. The first-order valence-electron chi connectivity index (χ1n) is 11.0. The molecule has 2 aromatic carbocycles. The summed E-state index contributed by atoms with van der Waals surface area (Å²) in [4.78, 5) is 27.8. The molecule has 0 aliphatic rings. The molecule has 0 spiro atoms.